The predicted molar refractivity (Wildman–Crippen MR) is 92.9 cm³/mol. The van der Waals surface area contributed by atoms with Crippen molar-refractivity contribution < 1.29 is 9.47 Å². The van der Waals surface area contributed by atoms with E-state index in [1.807, 2.05) is 38.1 Å². The molecule has 6 heteroatoms. The van der Waals surface area contributed by atoms with Crippen LogP contribution in [0.1, 0.15) is 25.1 Å². The van der Waals surface area contributed by atoms with Gasteiger partial charge in [0.2, 0.25) is 5.95 Å². The number of hydrogen-bond acceptors (Lipinski definition) is 5. The minimum atomic E-state index is -0.129. The molecule has 2 aromatic rings. The molecule has 2 heterocycles. The first-order valence-corrected chi connectivity index (χ1v) is 8.17. The Morgan fingerprint density at radius 2 is 1.92 bits per heavy atom. The number of ether oxygens (including phenoxy) is 2. The molecule has 128 valence electrons. The average molecular weight is 329 g/mol. The molecule has 0 aliphatic carbocycles. The van der Waals surface area contributed by atoms with Crippen LogP contribution in [0.2, 0.25) is 0 Å². The van der Waals surface area contributed by atoms with Gasteiger partial charge in [0.25, 0.3) is 5.56 Å². The molecular formula is C18H23N3O3. The molecule has 24 heavy (non-hydrogen) atoms. The lowest BCUT2D eigenvalue weighted by atomic mass is 10.1. The maximum absolute atomic E-state index is 12.0. The van der Waals surface area contributed by atoms with Crippen LogP contribution >= 0.6 is 0 Å². The minimum Gasteiger partial charge on any atom is -0.497 e. The van der Waals surface area contributed by atoms with Crippen molar-refractivity contribution >= 4 is 5.95 Å². The zero-order valence-electron chi connectivity index (χ0n) is 14.3. The van der Waals surface area contributed by atoms with E-state index in [2.05, 4.69) is 14.9 Å². The molecule has 1 saturated heterocycles. The maximum atomic E-state index is 12.0. The van der Waals surface area contributed by atoms with Gasteiger partial charge in [0.05, 0.1) is 25.0 Å². The highest BCUT2D eigenvalue weighted by atomic mass is 16.5. The predicted octanol–water partition coefficient (Wildman–Crippen LogP) is 1.98. The second-order valence-corrected chi connectivity index (χ2v) is 6.25. The lowest BCUT2D eigenvalue weighted by Crippen LogP contribution is -2.46. The van der Waals surface area contributed by atoms with Crippen LogP contribution in [0.15, 0.2) is 35.1 Å². The summed E-state index contributed by atoms with van der Waals surface area (Å²) in [6, 6.07) is 9.35. The Bertz CT molecular complexity index is 732. The van der Waals surface area contributed by atoms with Crippen molar-refractivity contribution in [3.63, 3.8) is 0 Å². The monoisotopic (exact) mass is 329 g/mol. The molecule has 0 radical (unpaired) electrons. The number of nitrogens with zero attached hydrogens (tertiary/aromatic N) is 2. The molecule has 1 aromatic heterocycles. The Labute approximate surface area is 141 Å². The molecule has 2 atom stereocenters. The van der Waals surface area contributed by atoms with E-state index in [4.69, 9.17) is 9.47 Å². The molecule has 0 amide bonds. The smallest absolute Gasteiger partial charge is 0.252 e. The highest BCUT2D eigenvalue weighted by Gasteiger charge is 2.24. The summed E-state index contributed by atoms with van der Waals surface area (Å²) in [7, 11) is 1.64. The summed E-state index contributed by atoms with van der Waals surface area (Å²) >= 11 is 0. The van der Waals surface area contributed by atoms with E-state index < -0.39 is 0 Å². The fraction of sp³-hybridized carbons (Fsp3) is 0.444. The molecule has 0 unspecified atom stereocenters. The Balaban J connectivity index is 1.81. The van der Waals surface area contributed by atoms with Gasteiger partial charge in [-0.15, -0.1) is 0 Å². The Morgan fingerprint density at radius 3 is 2.54 bits per heavy atom. The SMILES string of the molecule is COc1ccc(Cc2cc(=O)[nH]c(N3C[C@@H](C)O[C@@H](C)C3)n2)cc1. The number of aromatic nitrogens is 2. The van der Waals surface area contributed by atoms with Crippen molar-refractivity contribution in [3.05, 3.63) is 51.9 Å². The molecule has 0 bridgehead atoms. The number of aromatic amines is 1. The molecule has 1 N–H and O–H groups in total. The van der Waals surface area contributed by atoms with Gasteiger partial charge in [0.15, 0.2) is 0 Å². The Kier molecular flexibility index (Phi) is 4.85. The van der Waals surface area contributed by atoms with E-state index in [1.54, 1.807) is 13.2 Å². The van der Waals surface area contributed by atoms with Gasteiger partial charge in [-0.1, -0.05) is 12.1 Å². The highest BCUT2D eigenvalue weighted by Crippen LogP contribution is 2.17. The summed E-state index contributed by atoms with van der Waals surface area (Å²) < 4.78 is 10.9. The fourth-order valence-corrected chi connectivity index (χ4v) is 3.04. The van der Waals surface area contributed by atoms with Crippen LogP contribution in [-0.4, -0.2) is 42.4 Å². The van der Waals surface area contributed by atoms with Gasteiger partial charge in [0, 0.05) is 25.6 Å². The third kappa shape index (κ3) is 3.94. The molecule has 1 aliphatic heterocycles. The Morgan fingerprint density at radius 1 is 1.25 bits per heavy atom. The first-order chi connectivity index (χ1) is 11.5. The van der Waals surface area contributed by atoms with Crippen LogP contribution in [0.25, 0.3) is 0 Å². The van der Waals surface area contributed by atoms with Gasteiger partial charge < -0.3 is 14.4 Å². The quantitative estimate of drug-likeness (QED) is 0.929. The summed E-state index contributed by atoms with van der Waals surface area (Å²) in [4.78, 5) is 21.6. The van der Waals surface area contributed by atoms with Gasteiger partial charge >= 0.3 is 0 Å². The van der Waals surface area contributed by atoms with Gasteiger partial charge in [-0.05, 0) is 31.5 Å². The summed E-state index contributed by atoms with van der Waals surface area (Å²) in [6.07, 6.45) is 0.838. The van der Waals surface area contributed by atoms with Crippen LogP contribution in [0.5, 0.6) is 5.75 Å². The van der Waals surface area contributed by atoms with E-state index in [9.17, 15) is 4.79 Å². The minimum absolute atomic E-state index is 0.115. The number of morpholine rings is 1. The second-order valence-electron chi connectivity index (χ2n) is 6.25. The average Bonchev–Trinajstić information content (AvgIpc) is 2.54. The van der Waals surface area contributed by atoms with Crippen molar-refractivity contribution in [2.45, 2.75) is 32.5 Å². The number of H-pyrrole nitrogens is 1. The molecular weight excluding hydrogens is 306 g/mol. The maximum Gasteiger partial charge on any atom is 0.252 e. The van der Waals surface area contributed by atoms with Gasteiger partial charge in [-0.2, -0.15) is 0 Å². The largest absolute Gasteiger partial charge is 0.497 e. The fourth-order valence-electron chi connectivity index (χ4n) is 3.04. The van der Waals surface area contributed by atoms with Crippen LogP contribution < -0.4 is 15.2 Å². The van der Waals surface area contributed by atoms with Crippen molar-refractivity contribution in [3.8, 4) is 5.75 Å². The van der Waals surface area contributed by atoms with Crippen molar-refractivity contribution in [2.75, 3.05) is 25.1 Å². The lowest BCUT2D eigenvalue weighted by Gasteiger charge is -2.35. The van der Waals surface area contributed by atoms with E-state index in [0.717, 1.165) is 30.1 Å². The zero-order valence-corrected chi connectivity index (χ0v) is 14.3. The third-order valence-electron chi connectivity index (χ3n) is 4.05. The Hall–Kier alpha value is -2.34. The van der Waals surface area contributed by atoms with Crippen LogP contribution in [0.3, 0.4) is 0 Å². The van der Waals surface area contributed by atoms with Crippen molar-refractivity contribution in [1.82, 2.24) is 9.97 Å². The van der Waals surface area contributed by atoms with E-state index >= 15 is 0 Å². The number of hydrogen-bond donors (Lipinski definition) is 1. The van der Waals surface area contributed by atoms with E-state index in [-0.39, 0.29) is 17.8 Å². The van der Waals surface area contributed by atoms with Gasteiger partial charge in [-0.3, -0.25) is 9.78 Å². The second kappa shape index (κ2) is 7.05. The topological polar surface area (TPSA) is 67.5 Å². The third-order valence-corrected chi connectivity index (χ3v) is 4.05. The number of methoxy groups -OCH3 is 1. The molecule has 1 aliphatic rings. The molecule has 1 aromatic carbocycles. The normalized spacial score (nSPS) is 20.9. The van der Waals surface area contributed by atoms with Crippen molar-refractivity contribution in [1.29, 1.82) is 0 Å². The van der Waals surface area contributed by atoms with E-state index in [0.29, 0.717) is 12.4 Å². The van der Waals surface area contributed by atoms with Gasteiger partial charge in [0.1, 0.15) is 5.75 Å². The molecule has 0 spiro atoms. The first-order valence-electron chi connectivity index (χ1n) is 8.17. The van der Waals surface area contributed by atoms with Gasteiger partial charge in [-0.25, -0.2) is 4.98 Å². The summed E-state index contributed by atoms with van der Waals surface area (Å²) in [5.41, 5.74) is 1.71. The molecule has 3 rings (SSSR count). The highest BCUT2D eigenvalue weighted by molar-refractivity contribution is 5.34. The molecule has 0 saturated carbocycles. The molecule has 6 nitrogen and oxygen atoms in total. The standard InChI is InChI=1S/C18H23N3O3/c1-12-10-21(11-13(2)24-12)18-19-15(9-17(22)20-18)8-14-4-6-16(23-3)7-5-14/h4-7,9,12-13H,8,10-11H2,1-3H3,(H,19,20,22)/t12-,13+. The summed E-state index contributed by atoms with van der Waals surface area (Å²) in [5, 5.41) is 0. The first kappa shape index (κ1) is 16.5. The number of anilines is 1. The zero-order chi connectivity index (χ0) is 17.1. The number of rotatable bonds is 4. The van der Waals surface area contributed by atoms with Crippen molar-refractivity contribution in [2.24, 2.45) is 0 Å². The summed E-state index contributed by atoms with van der Waals surface area (Å²) in [5.74, 6) is 1.43. The number of nitrogens with one attached hydrogen (secondary N) is 1. The van der Waals surface area contributed by atoms with E-state index in [1.165, 1.54) is 0 Å². The van der Waals surface area contributed by atoms with Crippen LogP contribution in [-0.2, 0) is 11.2 Å². The van der Waals surface area contributed by atoms with Crippen LogP contribution in [0.4, 0.5) is 5.95 Å². The number of benzene rings is 1. The summed E-state index contributed by atoms with van der Waals surface area (Å²) in [6.45, 7) is 5.50. The molecule has 1 fully saturated rings. The lowest BCUT2D eigenvalue weighted by molar-refractivity contribution is -0.00574. The van der Waals surface area contributed by atoms with Crippen LogP contribution in [0, 0.1) is 0 Å².